The van der Waals surface area contributed by atoms with Crippen LogP contribution in [-0.4, -0.2) is 80.5 Å². The number of amides is 5. The molecule has 1 aromatic carbocycles. The predicted molar refractivity (Wildman–Crippen MR) is 137 cm³/mol. The maximum atomic E-state index is 12.6. The summed E-state index contributed by atoms with van der Waals surface area (Å²) >= 11 is 0. The molecule has 1 saturated heterocycles. The molecule has 5 amide bonds. The summed E-state index contributed by atoms with van der Waals surface area (Å²) in [5.74, 6) is -3.29. The predicted octanol–water partition coefficient (Wildman–Crippen LogP) is 0.489. The SMILES string of the molecule is [B]C(=O)OCc1ccc(NC(=O)CNC(=O)C(NC(=O)CCOCCN2C(=O)CC(C)C2=O)C(C)C)cc1. The fraction of sp³-hybridized carbons (Fsp3) is 0.520. The molecule has 1 heterocycles. The minimum Gasteiger partial charge on any atom is -0.470 e. The van der Waals surface area contributed by atoms with Crippen LogP contribution in [0.25, 0.3) is 0 Å². The third-order valence-corrected chi connectivity index (χ3v) is 5.71. The summed E-state index contributed by atoms with van der Waals surface area (Å²) in [7, 11) is 4.92. The highest BCUT2D eigenvalue weighted by Gasteiger charge is 2.35. The molecule has 3 N–H and O–H groups in total. The van der Waals surface area contributed by atoms with Crippen molar-refractivity contribution in [1.29, 1.82) is 0 Å². The van der Waals surface area contributed by atoms with E-state index in [2.05, 4.69) is 20.7 Å². The number of nitrogens with zero attached hydrogens (tertiary/aromatic N) is 1. The fourth-order valence-electron chi connectivity index (χ4n) is 3.61. The number of carbonyl (C=O) groups is 6. The Labute approximate surface area is 222 Å². The third kappa shape index (κ3) is 9.96. The minimum atomic E-state index is -0.887. The zero-order chi connectivity index (χ0) is 28.2. The van der Waals surface area contributed by atoms with E-state index in [4.69, 9.17) is 12.6 Å². The lowest BCUT2D eigenvalue weighted by atomic mass is 10.0. The average Bonchev–Trinajstić information content (AvgIpc) is 3.10. The molecule has 1 aromatic rings. The van der Waals surface area contributed by atoms with Crippen molar-refractivity contribution in [2.45, 2.75) is 46.3 Å². The van der Waals surface area contributed by atoms with Crippen LogP contribution >= 0.6 is 0 Å². The van der Waals surface area contributed by atoms with Gasteiger partial charge in [0, 0.05) is 24.4 Å². The van der Waals surface area contributed by atoms with Crippen molar-refractivity contribution >= 4 is 48.9 Å². The van der Waals surface area contributed by atoms with E-state index in [0.717, 1.165) is 4.90 Å². The maximum Gasteiger partial charge on any atom is 0.243 e. The molecule has 1 aliphatic heterocycles. The third-order valence-electron chi connectivity index (χ3n) is 5.71. The first-order valence-corrected chi connectivity index (χ1v) is 12.3. The molecule has 0 spiro atoms. The summed E-state index contributed by atoms with van der Waals surface area (Å²) in [5, 5.41) is 7.79. The summed E-state index contributed by atoms with van der Waals surface area (Å²) < 4.78 is 10.1. The molecule has 0 bridgehead atoms. The Morgan fingerprint density at radius 1 is 1.08 bits per heavy atom. The second-order valence-corrected chi connectivity index (χ2v) is 9.21. The second-order valence-electron chi connectivity index (χ2n) is 9.21. The average molecular weight is 528 g/mol. The summed E-state index contributed by atoms with van der Waals surface area (Å²) in [4.78, 5) is 72.6. The smallest absolute Gasteiger partial charge is 0.243 e. The second kappa shape index (κ2) is 14.9. The standard InChI is InChI=1S/C25H33BN4O8/c1-15(2)22(29-19(31)8-10-37-11-9-30-21(33)12-16(3)24(30)35)23(34)27-13-20(32)28-18-6-4-17(5-7-18)14-38-25(26)36/h4-7,15-16,22H,8-14H2,1-3H3,(H,27,34)(H,28,32)(H,29,31). The van der Waals surface area contributed by atoms with Crippen LogP contribution in [0.2, 0.25) is 0 Å². The van der Waals surface area contributed by atoms with Crippen molar-refractivity contribution in [1.82, 2.24) is 15.5 Å². The fourth-order valence-corrected chi connectivity index (χ4v) is 3.61. The van der Waals surface area contributed by atoms with E-state index in [-0.39, 0.29) is 69.4 Å². The number of benzene rings is 1. The first-order chi connectivity index (χ1) is 18.0. The van der Waals surface area contributed by atoms with Crippen LogP contribution in [0, 0.1) is 11.8 Å². The molecule has 1 fully saturated rings. The first kappa shape index (κ1) is 30.5. The van der Waals surface area contributed by atoms with E-state index in [0.29, 0.717) is 11.3 Å². The van der Waals surface area contributed by atoms with Crippen LogP contribution in [-0.2, 0) is 40.1 Å². The Morgan fingerprint density at radius 3 is 2.34 bits per heavy atom. The van der Waals surface area contributed by atoms with Gasteiger partial charge < -0.3 is 25.4 Å². The molecule has 0 saturated carbocycles. The molecular formula is C25H33BN4O8. The van der Waals surface area contributed by atoms with Crippen LogP contribution in [0.4, 0.5) is 10.5 Å². The largest absolute Gasteiger partial charge is 0.470 e. The van der Waals surface area contributed by atoms with Gasteiger partial charge in [0.05, 0.1) is 26.3 Å². The number of likely N-dealkylation sites (tertiary alicyclic amines) is 1. The van der Waals surface area contributed by atoms with Gasteiger partial charge in [-0.05, 0) is 23.6 Å². The lowest BCUT2D eigenvalue weighted by Gasteiger charge is -2.21. The summed E-state index contributed by atoms with van der Waals surface area (Å²) in [6.45, 7) is 5.23. The normalized spacial score (nSPS) is 15.8. The Balaban J connectivity index is 1.70. The van der Waals surface area contributed by atoms with Gasteiger partial charge in [0.15, 0.2) is 0 Å². The number of carbonyl (C=O) groups excluding carboxylic acids is 6. The number of anilines is 1. The number of nitrogens with one attached hydrogen (secondary N) is 3. The van der Waals surface area contributed by atoms with Crippen LogP contribution in [0.3, 0.4) is 0 Å². The van der Waals surface area contributed by atoms with Gasteiger partial charge in [-0.25, -0.2) is 0 Å². The van der Waals surface area contributed by atoms with Crippen molar-refractivity contribution in [2.75, 3.05) is 31.6 Å². The lowest BCUT2D eigenvalue weighted by Crippen LogP contribution is -2.51. The highest BCUT2D eigenvalue weighted by Crippen LogP contribution is 2.18. The highest BCUT2D eigenvalue weighted by atomic mass is 16.5. The Kier molecular flexibility index (Phi) is 11.9. The topological polar surface area (TPSA) is 160 Å². The number of rotatable bonds is 14. The molecule has 0 aromatic heterocycles. The molecule has 1 aliphatic rings. The van der Waals surface area contributed by atoms with E-state index in [1.807, 2.05) is 0 Å². The minimum absolute atomic E-state index is 0.00795. The zero-order valence-corrected chi connectivity index (χ0v) is 21.8. The Hall–Kier alpha value is -3.74. The van der Waals surface area contributed by atoms with Crippen LogP contribution in [0.1, 0.15) is 39.2 Å². The summed E-state index contributed by atoms with van der Waals surface area (Å²) in [6, 6.07) is 5.66. The summed E-state index contributed by atoms with van der Waals surface area (Å²) in [5.41, 5.74) is 1.16. The molecular weight excluding hydrogens is 495 g/mol. The van der Waals surface area contributed by atoms with Crippen molar-refractivity contribution in [2.24, 2.45) is 11.8 Å². The van der Waals surface area contributed by atoms with Gasteiger partial charge >= 0.3 is 0 Å². The number of hydrogen-bond donors (Lipinski definition) is 3. The van der Waals surface area contributed by atoms with Gasteiger partial charge in [-0.3, -0.25) is 33.7 Å². The molecule has 12 nitrogen and oxygen atoms in total. The number of ether oxygens (including phenoxy) is 2. The molecule has 204 valence electrons. The lowest BCUT2D eigenvalue weighted by molar-refractivity contribution is -0.140. The van der Waals surface area contributed by atoms with Crippen molar-refractivity contribution in [3.8, 4) is 0 Å². The summed E-state index contributed by atoms with van der Waals surface area (Å²) in [6.07, 6.45) is 0.180. The van der Waals surface area contributed by atoms with Gasteiger partial charge in [0.25, 0.3) is 0 Å². The van der Waals surface area contributed by atoms with E-state index in [1.165, 1.54) is 0 Å². The number of imide groups is 1. The van der Waals surface area contributed by atoms with E-state index in [1.54, 1.807) is 45.0 Å². The molecule has 2 atom stereocenters. The number of hydrogen-bond acceptors (Lipinski definition) is 8. The van der Waals surface area contributed by atoms with Crippen molar-refractivity contribution < 1.29 is 38.2 Å². The molecule has 2 unspecified atom stereocenters. The van der Waals surface area contributed by atoms with E-state index in [9.17, 15) is 28.8 Å². The zero-order valence-electron chi connectivity index (χ0n) is 21.8. The van der Waals surface area contributed by atoms with Gasteiger partial charge in [-0.15, -0.1) is 0 Å². The molecule has 13 heteroatoms. The Bertz CT molecular complexity index is 1030. The molecule has 38 heavy (non-hydrogen) atoms. The molecule has 2 rings (SSSR count). The monoisotopic (exact) mass is 528 g/mol. The quantitative estimate of drug-likeness (QED) is 0.179. The molecule has 2 radical (unpaired) electrons. The van der Waals surface area contributed by atoms with E-state index < -0.39 is 29.6 Å². The maximum absolute atomic E-state index is 12.6. The van der Waals surface area contributed by atoms with Crippen LogP contribution in [0.5, 0.6) is 0 Å². The van der Waals surface area contributed by atoms with Crippen LogP contribution in [0.15, 0.2) is 24.3 Å². The van der Waals surface area contributed by atoms with E-state index >= 15 is 0 Å². The molecule has 0 aliphatic carbocycles. The van der Waals surface area contributed by atoms with Crippen molar-refractivity contribution in [3.63, 3.8) is 0 Å². The van der Waals surface area contributed by atoms with Gasteiger partial charge in [0.2, 0.25) is 43.3 Å². The first-order valence-electron chi connectivity index (χ1n) is 12.3. The van der Waals surface area contributed by atoms with Gasteiger partial charge in [0.1, 0.15) is 12.6 Å². The van der Waals surface area contributed by atoms with Crippen molar-refractivity contribution in [3.05, 3.63) is 29.8 Å². The van der Waals surface area contributed by atoms with Gasteiger partial charge in [-0.2, -0.15) is 0 Å². The Morgan fingerprint density at radius 2 is 1.76 bits per heavy atom. The van der Waals surface area contributed by atoms with Gasteiger partial charge in [-0.1, -0.05) is 32.9 Å². The highest BCUT2D eigenvalue weighted by molar-refractivity contribution is 6.55. The van der Waals surface area contributed by atoms with Crippen LogP contribution < -0.4 is 16.0 Å².